The van der Waals surface area contributed by atoms with E-state index in [1.54, 1.807) is 18.2 Å². The molecule has 1 aliphatic heterocycles. The van der Waals surface area contributed by atoms with E-state index in [9.17, 15) is 8.42 Å². The first-order chi connectivity index (χ1) is 9.49. The Morgan fingerprint density at radius 1 is 1.43 bits per heavy atom. The van der Waals surface area contributed by atoms with Crippen LogP contribution in [0.1, 0.15) is 24.8 Å². The average Bonchev–Trinajstić information content (AvgIpc) is 2.42. The maximum atomic E-state index is 12.2. The second-order valence-electron chi connectivity index (χ2n) is 5.33. The fourth-order valence-electron chi connectivity index (χ4n) is 2.46. The van der Waals surface area contributed by atoms with Gasteiger partial charge in [-0.15, -0.1) is 12.4 Å². The molecule has 1 aromatic rings. The molecule has 7 heteroatoms. The van der Waals surface area contributed by atoms with E-state index >= 15 is 0 Å². The van der Waals surface area contributed by atoms with Gasteiger partial charge in [0.1, 0.15) is 4.90 Å². The summed E-state index contributed by atoms with van der Waals surface area (Å²) in [4.78, 5) is 0.168. The number of halogens is 2. The minimum absolute atomic E-state index is 0. The first-order valence-corrected chi connectivity index (χ1v) is 8.82. The van der Waals surface area contributed by atoms with Crippen molar-refractivity contribution in [2.75, 3.05) is 19.6 Å². The van der Waals surface area contributed by atoms with Gasteiger partial charge in [-0.2, -0.15) is 0 Å². The maximum absolute atomic E-state index is 12.2. The molecule has 0 bridgehead atoms. The molecule has 1 unspecified atom stereocenters. The van der Waals surface area contributed by atoms with Crippen molar-refractivity contribution >= 4 is 34.0 Å². The highest BCUT2D eigenvalue weighted by Gasteiger charge is 2.19. The van der Waals surface area contributed by atoms with Gasteiger partial charge in [0.05, 0.1) is 5.02 Å². The van der Waals surface area contributed by atoms with E-state index < -0.39 is 10.0 Å². The van der Waals surface area contributed by atoms with E-state index in [0.29, 0.717) is 12.5 Å². The fraction of sp³-hybridized carbons (Fsp3) is 0.571. The van der Waals surface area contributed by atoms with Gasteiger partial charge >= 0.3 is 0 Å². The average molecular weight is 353 g/mol. The summed E-state index contributed by atoms with van der Waals surface area (Å²) in [5.41, 5.74) is 0.881. The molecule has 2 N–H and O–H groups in total. The Labute approximate surface area is 138 Å². The molecule has 2 rings (SSSR count). The number of hydrogen-bond donors (Lipinski definition) is 2. The third-order valence-electron chi connectivity index (χ3n) is 3.62. The monoisotopic (exact) mass is 352 g/mol. The van der Waals surface area contributed by atoms with Crippen LogP contribution in [-0.2, 0) is 10.0 Å². The Kier molecular flexibility index (Phi) is 7.44. The smallest absolute Gasteiger partial charge is 0.242 e. The van der Waals surface area contributed by atoms with Gasteiger partial charge in [-0.3, -0.25) is 0 Å². The first kappa shape index (κ1) is 18.7. The van der Waals surface area contributed by atoms with E-state index in [0.717, 1.165) is 25.1 Å². The van der Waals surface area contributed by atoms with Crippen molar-refractivity contribution < 1.29 is 8.42 Å². The lowest BCUT2D eigenvalue weighted by atomic mass is 9.96. The van der Waals surface area contributed by atoms with Crippen LogP contribution in [0.2, 0.25) is 5.02 Å². The Balaban J connectivity index is 0.00000220. The summed E-state index contributed by atoms with van der Waals surface area (Å²) < 4.78 is 27.1. The number of nitrogens with one attached hydrogen (secondary N) is 2. The molecule has 1 fully saturated rings. The number of piperidine rings is 1. The lowest BCUT2D eigenvalue weighted by Crippen LogP contribution is -2.33. The molecule has 1 saturated heterocycles. The normalized spacial score (nSPS) is 19.0. The van der Waals surface area contributed by atoms with Gasteiger partial charge in [0.25, 0.3) is 0 Å². The summed E-state index contributed by atoms with van der Waals surface area (Å²) in [5.74, 6) is 0.555. The molecular formula is C14H22Cl2N2O2S. The van der Waals surface area contributed by atoms with Crippen LogP contribution in [0.4, 0.5) is 0 Å². The van der Waals surface area contributed by atoms with Crippen LogP contribution < -0.4 is 10.0 Å². The standard InChI is InChI=1S/C14H21ClN2O2S.ClH/c1-11-4-5-13(15)14(9-11)20(18,19)17-8-6-12-3-2-7-16-10-12;/h4-5,9,12,16-17H,2-3,6-8,10H2,1H3;1H. The molecule has 4 nitrogen and oxygen atoms in total. The van der Waals surface area contributed by atoms with Gasteiger partial charge in [-0.25, -0.2) is 13.1 Å². The molecule has 0 aromatic heterocycles. The molecule has 0 aliphatic carbocycles. The summed E-state index contributed by atoms with van der Waals surface area (Å²) in [7, 11) is -3.52. The third-order valence-corrected chi connectivity index (χ3v) is 5.56. The summed E-state index contributed by atoms with van der Waals surface area (Å²) in [6.45, 7) is 4.36. The number of sulfonamides is 1. The van der Waals surface area contributed by atoms with Crippen LogP contribution >= 0.6 is 24.0 Å². The lowest BCUT2D eigenvalue weighted by molar-refractivity contribution is 0.358. The minimum Gasteiger partial charge on any atom is -0.316 e. The van der Waals surface area contributed by atoms with Gasteiger partial charge in [0, 0.05) is 6.54 Å². The molecule has 21 heavy (non-hydrogen) atoms. The summed E-state index contributed by atoms with van der Waals surface area (Å²) in [6.07, 6.45) is 3.19. The first-order valence-electron chi connectivity index (χ1n) is 6.95. The summed E-state index contributed by atoms with van der Waals surface area (Å²) >= 11 is 5.98. The van der Waals surface area contributed by atoms with Crippen molar-refractivity contribution in [3.8, 4) is 0 Å². The molecule has 1 aliphatic rings. The maximum Gasteiger partial charge on any atom is 0.242 e. The van der Waals surface area contributed by atoms with Crippen LogP contribution in [0.5, 0.6) is 0 Å². The molecular weight excluding hydrogens is 331 g/mol. The van der Waals surface area contributed by atoms with Gasteiger partial charge in [0.2, 0.25) is 10.0 Å². The predicted octanol–water partition coefficient (Wildman–Crippen LogP) is 2.74. The number of hydrogen-bond acceptors (Lipinski definition) is 3. The summed E-state index contributed by atoms with van der Waals surface area (Å²) in [5, 5.41) is 3.60. The highest BCUT2D eigenvalue weighted by molar-refractivity contribution is 7.89. The van der Waals surface area contributed by atoms with Crippen LogP contribution in [0.15, 0.2) is 23.1 Å². The lowest BCUT2D eigenvalue weighted by Gasteiger charge is -2.22. The molecule has 120 valence electrons. The zero-order valence-corrected chi connectivity index (χ0v) is 14.5. The topological polar surface area (TPSA) is 58.2 Å². The zero-order chi connectivity index (χ0) is 14.6. The number of aryl methyl sites for hydroxylation is 1. The van der Waals surface area contributed by atoms with Gasteiger partial charge in [-0.05, 0) is 62.9 Å². The van der Waals surface area contributed by atoms with Crippen LogP contribution in [-0.4, -0.2) is 28.1 Å². The van der Waals surface area contributed by atoms with E-state index in [-0.39, 0.29) is 22.3 Å². The third kappa shape index (κ3) is 5.42. The minimum atomic E-state index is -3.52. The molecule has 1 aromatic carbocycles. The van der Waals surface area contributed by atoms with E-state index in [4.69, 9.17) is 11.6 Å². The highest BCUT2D eigenvalue weighted by atomic mass is 35.5. The van der Waals surface area contributed by atoms with Gasteiger partial charge < -0.3 is 5.32 Å². The molecule has 0 amide bonds. The Hall–Kier alpha value is -0.330. The number of benzene rings is 1. The van der Waals surface area contributed by atoms with Crippen LogP contribution in [0.3, 0.4) is 0 Å². The second kappa shape index (κ2) is 8.34. The molecule has 0 radical (unpaired) electrons. The summed E-state index contributed by atoms with van der Waals surface area (Å²) in [6, 6.07) is 5.03. The molecule has 0 saturated carbocycles. The highest BCUT2D eigenvalue weighted by Crippen LogP contribution is 2.22. The molecule has 1 heterocycles. The SMILES string of the molecule is Cc1ccc(Cl)c(S(=O)(=O)NCCC2CCCNC2)c1.Cl. The fourth-order valence-corrected chi connectivity index (χ4v) is 4.09. The van der Waals surface area contributed by atoms with E-state index in [2.05, 4.69) is 10.0 Å². The zero-order valence-electron chi connectivity index (χ0n) is 12.1. The van der Waals surface area contributed by atoms with Crippen molar-refractivity contribution in [1.82, 2.24) is 10.0 Å². The van der Waals surface area contributed by atoms with Crippen molar-refractivity contribution in [2.24, 2.45) is 5.92 Å². The van der Waals surface area contributed by atoms with Crippen LogP contribution in [0.25, 0.3) is 0 Å². The Bertz CT molecular complexity index is 558. The molecule has 0 spiro atoms. The van der Waals surface area contributed by atoms with E-state index in [1.807, 2.05) is 6.92 Å². The van der Waals surface area contributed by atoms with Crippen LogP contribution in [0, 0.1) is 12.8 Å². The number of rotatable bonds is 5. The quantitative estimate of drug-likeness (QED) is 0.856. The van der Waals surface area contributed by atoms with Gasteiger partial charge in [-0.1, -0.05) is 17.7 Å². The Morgan fingerprint density at radius 2 is 2.19 bits per heavy atom. The van der Waals surface area contributed by atoms with Crippen molar-refractivity contribution in [3.63, 3.8) is 0 Å². The predicted molar refractivity (Wildman–Crippen MR) is 88.8 cm³/mol. The Morgan fingerprint density at radius 3 is 2.86 bits per heavy atom. The van der Waals surface area contributed by atoms with Crippen molar-refractivity contribution in [3.05, 3.63) is 28.8 Å². The largest absolute Gasteiger partial charge is 0.316 e. The van der Waals surface area contributed by atoms with E-state index in [1.165, 1.54) is 12.8 Å². The molecule has 1 atom stereocenters. The van der Waals surface area contributed by atoms with Crippen molar-refractivity contribution in [2.45, 2.75) is 31.1 Å². The van der Waals surface area contributed by atoms with Gasteiger partial charge in [0.15, 0.2) is 0 Å². The van der Waals surface area contributed by atoms with Crippen molar-refractivity contribution in [1.29, 1.82) is 0 Å². The second-order valence-corrected chi connectivity index (χ2v) is 7.48.